The summed E-state index contributed by atoms with van der Waals surface area (Å²) >= 11 is 6.70. The van der Waals surface area contributed by atoms with Crippen LogP contribution in [0.1, 0.15) is 66.1 Å². The standard InChI is InChI=1S/C20H37ClO3P2.H2/c1-2-22-13-7-6-10-16-17(20(24-26)14-18(16)21)11-12-19(23-25)15-8-4-3-5-9-15;/h6-7,15-20H,2-5,8-14,25-26H2,1H3;1H/b7-6-;/t16-,17-,18-,19-,20-;/m1./s1/i26T;1+2/t16-,17-,18-,19-,20-,26?;. The Morgan fingerprint density at radius 1 is 1.27 bits per heavy atom. The zero-order chi connectivity index (χ0) is 19.5. The molecule has 0 radical (unpaired) electrons. The van der Waals surface area contributed by atoms with E-state index in [2.05, 4.69) is 21.6 Å². The van der Waals surface area contributed by atoms with Gasteiger partial charge in [-0.1, -0.05) is 31.4 Å². The van der Waals surface area contributed by atoms with Crippen molar-refractivity contribution in [3.05, 3.63) is 12.2 Å². The van der Waals surface area contributed by atoms with Crippen molar-refractivity contribution < 1.29 is 15.2 Å². The first-order valence-electron chi connectivity index (χ1n) is 10.8. The Hall–Kier alpha value is 0.770. The zero-order valence-electron chi connectivity index (χ0n) is 17.1. The third-order valence-corrected chi connectivity index (χ3v) is 7.38. The topological polar surface area (TPSA) is 27.7 Å². The monoisotopic (exact) mass is 428 g/mol. The summed E-state index contributed by atoms with van der Waals surface area (Å²) in [4.78, 5) is 0. The second-order valence-corrected chi connectivity index (χ2v) is 8.82. The van der Waals surface area contributed by atoms with Crippen molar-refractivity contribution >= 4 is 30.5 Å². The summed E-state index contributed by atoms with van der Waals surface area (Å²) in [6.45, 7) is 3.42. The molecule has 0 aromatic carbocycles. The van der Waals surface area contributed by atoms with Crippen molar-refractivity contribution in [1.82, 2.24) is 0 Å². The first-order valence-corrected chi connectivity index (χ1v) is 11.6. The van der Waals surface area contributed by atoms with Crippen molar-refractivity contribution in [1.29, 1.82) is 1.28 Å². The number of hydrogen-bond acceptors (Lipinski definition) is 3. The van der Waals surface area contributed by atoms with Crippen molar-refractivity contribution in [2.45, 2.75) is 82.3 Å². The third-order valence-electron chi connectivity index (χ3n) is 6.23. The average molecular weight is 429 g/mol. The minimum Gasteiger partial charge on any atom is -0.378 e. The van der Waals surface area contributed by atoms with Gasteiger partial charge in [-0.25, -0.2) is 0 Å². The van der Waals surface area contributed by atoms with Crippen LogP contribution in [0.5, 0.6) is 0 Å². The summed E-state index contributed by atoms with van der Waals surface area (Å²) < 4.78 is 24.5. The molecule has 2 unspecified atom stereocenters. The van der Waals surface area contributed by atoms with E-state index in [1.807, 2.05) is 6.92 Å². The molecule has 2 aliphatic rings. The number of halogens is 1. The van der Waals surface area contributed by atoms with E-state index in [1.54, 1.807) is 0 Å². The molecule has 0 amide bonds. The molecule has 0 heterocycles. The van der Waals surface area contributed by atoms with Gasteiger partial charge >= 0.3 is 0 Å². The van der Waals surface area contributed by atoms with Gasteiger partial charge in [0.15, 0.2) is 0 Å². The van der Waals surface area contributed by atoms with Gasteiger partial charge in [0.05, 0.1) is 20.1 Å². The number of allylic oxidation sites excluding steroid dienone is 1. The molecule has 2 aliphatic carbocycles. The normalized spacial score (nSPS) is 32.7. The van der Waals surface area contributed by atoms with Crippen LogP contribution >= 0.6 is 30.5 Å². The van der Waals surface area contributed by atoms with E-state index >= 15 is 0 Å². The van der Waals surface area contributed by atoms with Gasteiger partial charge in [-0.2, -0.15) is 0 Å². The molecule has 6 heteroatoms. The molecule has 154 valence electrons. The molecule has 26 heavy (non-hydrogen) atoms. The summed E-state index contributed by atoms with van der Waals surface area (Å²) in [5.41, 5.74) is 0. The Morgan fingerprint density at radius 2 is 2.08 bits per heavy atom. The second kappa shape index (κ2) is 13.1. The third kappa shape index (κ3) is 6.98. The molecule has 2 rings (SSSR count). The maximum absolute atomic E-state index is 7.52. The smallest absolute Gasteiger partial charge is 0.0851 e. The van der Waals surface area contributed by atoms with E-state index in [0.717, 1.165) is 32.3 Å². The fourth-order valence-corrected chi connectivity index (χ4v) is 5.85. The molecule has 0 bridgehead atoms. The predicted octanol–water partition coefficient (Wildman–Crippen LogP) is 6.17. The summed E-state index contributed by atoms with van der Waals surface area (Å²) in [6, 6.07) is 0. The highest BCUT2D eigenvalue weighted by atomic mass is 35.5. The Morgan fingerprint density at radius 3 is 2.77 bits per heavy atom. The molecule has 0 spiro atoms. The molecular weight excluding hydrogens is 386 g/mol. The molecule has 0 aromatic rings. The van der Waals surface area contributed by atoms with Gasteiger partial charge in [0.25, 0.3) is 0 Å². The fourth-order valence-electron chi connectivity index (χ4n) is 4.76. The number of hydrogen-bond donors (Lipinski definition) is 0. The van der Waals surface area contributed by atoms with Gasteiger partial charge < -0.3 is 13.8 Å². The first kappa shape index (κ1) is 21.5. The lowest BCUT2D eigenvalue weighted by molar-refractivity contribution is 0.0939. The van der Waals surface area contributed by atoms with Crippen LogP contribution in [0.4, 0.5) is 0 Å². The highest BCUT2D eigenvalue weighted by molar-refractivity contribution is 7.10. The van der Waals surface area contributed by atoms with E-state index in [4.69, 9.17) is 26.7 Å². The van der Waals surface area contributed by atoms with Gasteiger partial charge in [0.1, 0.15) is 0 Å². The van der Waals surface area contributed by atoms with E-state index in [9.17, 15) is 0 Å². The highest BCUT2D eigenvalue weighted by Crippen LogP contribution is 2.44. The highest BCUT2D eigenvalue weighted by Gasteiger charge is 2.42. The molecule has 3 nitrogen and oxygen atoms in total. The Kier molecular flexibility index (Phi) is 10.8. The lowest BCUT2D eigenvalue weighted by atomic mass is 9.81. The second-order valence-electron chi connectivity index (χ2n) is 7.75. The first-order chi connectivity index (χ1) is 13.2. The minimum absolute atomic E-state index is 0. The van der Waals surface area contributed by atoms with Crippen molar-refractivity contribution in [2.75, 3.05) is 13.2 Å². The fraction of sp³-hybridized carbons (Fsp3) is 0.900. The lowest BCUT2D eigenvalue weighted by Crippen LogP contribution is -2.27. The summed E-state index contributed by atoms with van der Waals surface area (Å²) in [7, 11) is 2.28. The van der Waals surface area contributed by atoms with Gasteiger partial charge in [-0.3, -0.25) is 0 Å². The predicted molar refractivity (Wildman–Crippen MR) is 119 cm³/mol. The Labute approximate surface area is 172 Å². The maximum Gasteiger partial charge on any atom is 0.0851 e. The van der Waals surface area contributed by atoms with Crippen LogP contribution in [-0.4, -0.2) is 32.1 Å². The van der Waals surface area contributed by atoms with Crippen LogP contribution in [0.25, 0.3) is 0 Å². The van der Waals surface area contributed by atoms with Gasteiger partial charge in [0.2, 0.25) is 0 Å². The van der Waals surface area contributed by atoms with Gasteiger partial charge in [-0.15, -0.1) is 11.6 Å². The quantitative estimate of drug-likeness (QED) is 0.161. The van der Waals surface area contributed by atoms with Crippen LogP contribution < -0.4 is 0 Å². The van der Waals surface area contributed by atoms with Gasteiger partial charge in [-0.05, 0) is 63.2 Å². The largest absolute Gasteiger partial charge is 0.378 e. The molecule has 7 atom stereocenters. The van der Waals surface area contributed by atoms with Crippen molar-refractivity contribution in [3.63, 3.8) is 0 Å². The molecule has 0 aliphatic heterocycles. The molecule has 2 fully saturated rings. The van der Waals surface area contributed by atoms with Crippen molar-refractivity contribution in [3.8, 4) is 0 Å². The van der Waals surface area contributed by atoms with E-state index in [0.29, 0.717) is 30.5 Å². The van der Waals surface area contributed by atoms with Crippen molar-refractivity contribution in [2.24, 2.45) is 17.8 Å². The van der Waals surface area contributed by atoms with Crippen LogP contribution in [0, 0.1) is 17.8 Å². The van der Waals surface area contributed by atoms with Crippen LogP contribution in [0.15, 0.2) is 12.2 Å². The van der Waals surface area contributed by atoms with E-state index in [1.165, 1.54) is 32.1 Å². The molecule has 0 saturated heterocycles. The minimum atomic E-state index is -0.219. The Balaban J connectivity index is 0.00000392. The number of rotatable bonds is 12. The summed E-state index contributed by atoms with van der Waals surface area (Å²) in [6.07, 6.45) is 15.3. The lowest BCUT2D eigenvalue weighted by Gasteiger charge is -2.31. The molecule has 2 saturated carbocycles. The summed E-state index contributed by atoms with van der Waals surface area (Å²) in [5.74, 6) is 1.50. The van der Waals surface area contributed by atoms with Crippen LogP contribution in [-0.2, 0) is 13.8 Å². The molecule has 0 N–H and O–H groups in total. The number of ether oxygens (including phenoxy) is 1. The molecular formula is C20H39ClO3P2. The van der Waals surface area contributed by atoms with E-state index < -0.39 is 0 Å². The van der Waals surface area contributed by atoms with E-state index in [-0.39, 0.29) is 22.3 Å². The van der Waals surface area contributed by atoms with Gasteiger partial charge in [0, 0.05) is 32.3 Å². The Bertz CT molecular complexity index is 428. The zero-order valence-corrected chi connectivity index (χ0v) is 19.0. The summed E-state index contributed by atoms with van der Waals surface area (Å²) in [5, 5.41) is 0.123. The maximum atomic E-state index is 7.52. The van der Waals surface area contributed by atoms with Crippen LogP contribution in [0.3, 0.4) is 0 Å². The SMILES string of the molecule is [3HH].[3H]PO[C@@H]1C[C@@H](Cl)[C@H](C/C=C\COCC)[C@H]1CC[C@@H](OP)C1CCCCC1. The average Bonchev–Trinajstić information content (AvgIpc) is 2.98. The molecule has 0 aromatic heterocycles. The number of alkyl halides is 1. The van der Waals surface area contributed by atoms with Crippen LogP contribution in [0.2, 0.25) is 0 Å².